The van der Waals surface area contributed by atoms with E-state index in [1.54, 1.807) is 6.21 Å². The van der Waals surface area contributed by atoms with E-state index in [4.69, 9.17) is 11.6 Å². The molecule has 0 spiro atoms. The van der Waals surface area contributed by atoms with Crippen LogP contribution in [0.1, 0.15) is 11.1 Å². The van der Waals surface area contributed by atoms with Gasteiger partial charge in [0.1, 0.15) is 0 Å². The number of rotatable bonds is 5. The topological polar surface area (TPSA) is 37.3 Å². The maximum absolute atomic E-state index is 5.78. The summed E-state index contributed by atoms with van der Waals surface area (Å²) < 4.78 is 0. The van der Waals surface area contributed by atoms with Crippen LogP contribution in [0.3, 0.4) is 0 Å². The molecule has 0 saturated heterocycles. The van der Waals surface area contributed by atoms with E-state index in [0.29, 0.717) is 5.88 Å². The highest BCUT2D eigenvalue weighted by atomic mass is 35.5. The lowest BCUT2D eigenvalue weighted by atomic mass is 10.1. The Morgan fingerprint density at radius 2 is 1.74 bits per heavy atom. The molecule has 114 valence electrons. The fraction of sp³-hybridized carbons (Fsp3) is 0.0526. The number of nitrogens with one attached hydrogen (secondary N) is 1. The van der Waals surface area contributed by atoms with Gasteiger partial charge in [-0.1, -0.05) is 48.5 Å². The third-order valence-corrected chi connectivity index (χ3v) is 3.68. The number of nitrogens with zero attached hydrogens (tertiary/aromatic N) is 2. The van der Waals surface area contributed by atoms with E-state index in [1.807, 2.05) is 72.9 Å². The van der Waals surface area contributed by atoms with Crippen molar-refractivity contribution in [3.05, 3.63) is 84.1 Å². The second kappa shape index (κ2) is 7.56. The standard InChI is InChI=1S/C19H16ClN3/c20-12-16-8-11-19(21-13-16)17-9-6-15(7-10-17)14-22-23-18-4-2-1-3-5-18/h1-11,13-14,23H,12H2. The zero-order chi connectivity index (χ0) is 15.9. The van der Waals surface area contributed by atoms with Gasteiger partial charge in [0.05, 0.1) is 17.6 Å². The first-order valence-electron chi connectivity index (χ1n) is 7.30. The van der Waals surface area contributed by atoms with E-state index in [1.165, 1.54) is 0 Å². The molecule has 0 atom stereocenters. The van der Waals surface area contributed by atoms with Gasteiger partial charge in [0.25, 0.3) is 0 Å². The summed E-state index contributed by atoms with van der Waals surface area (Å²) in [7, 11) is 0. The van der Waals surface area contributed by atoms with E-state index in [2.05, 4.69) is 15.5 Å². The minimum absolute atomic E-state index is 0.483. The van der Waals surface area contributed by atoms with Crippen LogP contribution in [0.4, 0.5) is 5.69 Å². The van der Waals surface area contributed by atoms with E-state index >= 15 is 0 Å². The van der Waals surface area contributed by atoms with Gasteiger partial charge in [0.15, 0.2) is 0 Å². The van der Waals surface area contributed by atoms with Crippen LogP contribution < -0.4 is 5.43 Å². The SMILES string of the molecule is ClCc1ccc(-c2ccc(C=NNc3ccccc3)cc2)nc1. The van der Waals surface area contributed by atoms with Crippen LogP contribution in [0.2, 0.25) is 0 Å². The zero-order valence-electron chi connectivity index (χ0n) is 12.5. The molecule has 0 unspecified atom stereocenters. The fourth-order valence-corrected chi connectivity index (χ4v) is 2.27. The van der Waals surface area contributed by atoms with Crippen LogP contribution in [0.25, 0.3) is 11.3 Å². The predicted octanol–water partition coefficient (Wildman–Crippen LogP) is 4.93. The molecule has 0 bridgehead atoms. The summed E-state index contributed by atoms with van der Waals surface area (Å²) in [6.07, 6.45) is 3.60. The van der Waals surface area contributed by atoms with Gasteiger partial charge in [-0.15, -0.1) is 11.6 Å². The van der Waals surface area contributed by atoms with Crippen molar-refractivity contribution in [2.75, 3.05) is 5.43 Å². The van der Waals surface area contributed by atoms with Crippen LogP contribution in [0, 0.1) is 0 Å². The maximum atomic E-state index is 5.78. The van der Waals surface area contributed by atoms with Crippen LogP contribution in [-0.4, -0.2) is 11.2 Å². The lowest BCUT2D eigenvalue weighted by Crippen LogP contribution is -1.90. The van der Waals surface area contributed by atoms with Crippen molar-refractivity contribution in [3.8, 4) is 11.3 Å². The third kappa shape index (κ3) is 4.18. The minimum Gasteiger partial charge on any atom is -0.279 e. The van der Waals surface area contributed by atoms with E-state index in [9.17, 15) is 0 Å². The molecule has 2 aromatic carbocycles. The molecule has 1 N–H and O–H groups in total. The zero-order valence-corrected chi connectivity index (χ0v) is 13.2. The number of pyridine rings is 1. The highest BCUT2D eigenvalue weighted by Crippen LogP contribution is 2.18. The number of benzene rings is 2. The van der Waals surface area contributed by atoms with Gasteiger partial charge in [0.2, 0.25) is 0 Å². The van der Waals surface area contributed by atoms with Crippen LogP contribution in [-0.2, 0) is 5.88 Å². The average Bonchev–Trinajstić information content (AvgIpc) is 2.63. The molecule has 0 aliphatic heterocycles. The molecule has 4 heteroatoms. The lowest BCUT2D eigenvalue weighted by Gasteiger charge is -2.03. The summed E-state index contributed by atoms with van der Waals surface area (Å²) in [6, 6.07) is 21.9. The molecule has 3 aromatic rings. The van der Waals surface area contributed by atoms with Crippen molar-refractivity contribution in [2.24, 2.45) is 5.10 Å². The Kier molecular flexibility index (Phi) is 5.02. The van der Waals surface area contributed by atoms with Crippen LogP contribution >= 0.6 is 11.6 Å². The number of anilines is 1. The van der Waals surface area contributed by atoms with Crippen molar-refractivity contribution in [1.29, 1.82) is 0 Å². The first-order chi connectivity index (χ1) is 11.3. The number of hydrazone groups is 1. The number of para-hydroxylation sites is 1. The molecular formula is C19H16ClN3. The largest absolute Gasteiger partial charge is 0.279 e. The van der Waals surface area contributed by atoms with Crippen molar-refractivity contribution in [1.82, 2.24) is 4.98 Å². The first kappa shape index (κ1) is 15.3. The Morgan fingerprint density at radius 1 is 0.957 bits per heavy atom. The number of hydrogen-bond acceptors (Lipinski definition) is 3. The predicted molar refractivity (Wildman–Crippen MR) is 96.9 cm³/mol. The normalized spacial score (nSPS) is 10.8. The molecule has 1 aromatic heterocycles. The van der Waals surface area contributed by atoms with E-state index in [-0.39, 0.29) is 0 Å². The van der Waals surface area contributed by atoms with Crippen molar-refractivity contribution in [2.45, 2.75) is 5.88 Å². The molecule has 3 rings (SSSR count). The van der Waals surface area contributed by atoms with Crippen molar-refractivity contribution in [3.63, 3.8) is 0 Å². The van der Waals surface area contributed by atoms with Crippen LogP contribution in [0.15, 0.2) is 78.0 Å². The highest BCUT2D eigenvalue weighted by Gasteiger charge is 1.99. The van der Waals surface area contributed by atoms with Crippen LogP contribution in [0.5, 0.6) is 0 Å². The Morgan fingerprint density at radius 3 is 2.39 bits per heavy atom. The molecule has 0 saturated carbocycles. The molecule has 0 fully saturated rings. The Bertz CT molecular complexity index is 766. The summed E-state index contributed by atoms with van der Waals surface area (Å²) >= 11 is 5.78. The average molecular weight is 322 g/mol. The van der Waals surface area contributed by atoms with Gasteiger partial charge in [-0.3, -0.25) is 10.4 Å². The summed E-state index contributed by atoms with van der Waals surface area (Å²) in [5, 5.41) is 4.23. The number of hydrogen-bond donors (Lipinski definition) is 1. The number of alkyl halides is 1. The fourth-order valence-electron chi connectivity index (χ4n) is 2.11. The summed E-state index contributed by atoms with van der Waals surface area (Å²) in [5.41, 5.74) is 8.00. The Hall–Kier alpha value is -2.65. The maximum Gasteiger partial charge on any atom is 0.0702 e. The van der Waals surface area contributed by atoms with Crippen molar-refractivity contribution < 1.29 is 0 Å². The van der Waals surface area contributed by atoms with Gasteiger partial charge < -0.3 is 0 Å². The van der Waals surface area contributed by atoms with Crippen molar-refractivity contribution >= 4 is 23.5 Å². The van der Waals surface area contributed by atoms with Gasteiger partial charge in [-0.05, 0) is 29.3 Å². The number of halogens is 1. The smallest absolute Gasteiger partial charge is 0.0702 e. The third-order valence-electron chi connectivity index (χ3n) is 3.37. The van der Waals surface area contributed by atoms with E-state index in [0.717, 1.165) is 28.1 Å². The molecule has 1 heterocycles. The second-order valence-electron chi connectivity index (χ2n) is 5.04. The molecule has 23 heavy (non-hydrogen) atoms. The molecule has 0 amide bonds. The minimum atomic E-state index is 0.483. The first-order valence-corrected chi connectivity index (χ1v) is 7.84. The monoisotopic (exact) mass is 321 g/mol. The molecule has 3 nitrogen and oxygen atoms in total. The molecular weight excluding hydrogens is 306 g/mol. The van der Waals surface area contributed by atoms with Gasteiger partial charge >= 0.3 is 0 Å². The second-order valence-corrected chi connectivity index (χ2v) is 5.31. The van der Waals surface area contributed by atoms with E-state index < -0.39 is 0 Å². The quantitative estimate of drug-likeness (QED) is 0.411. The lowest BCUT2D eigenvalue weighted by molar-refractivity contribution is 1.25. The van der Waals surface area contributed by atoms with Gasteiger partial charge in [-0.25, -0.2) is 0 Å². The number of aromatic nitrogens is 1. The summed E-state index contributed by atoms with van der Waals surface area (Å²) in [5.74, 6) is 0.483. The summed E-state index contributed by atoms with van der Waals surface area (Å²) in [6.45, 7) is 0. The highest BCUT2D eigenvalue weighted by molar-refractivity contribution is 6.17. The Labute approximate surface area is 140 Å². The van der Waals surface area contributed by atoms with Gasteiger partial charge in [0, 0.05) is 17.6 Å². The van der Waals surface area contributed by atoms with Gasteiger partial charge in [-0.2, -0.15) is 5.10 Å². The molecule has 0 radical (unpaired) electrons. The molecule has 0 aliphatic carbocycles. The Balaban J connectivity index is 1.66. The summed E-state index contributed by atoms with van der Waals surface area (Å²) in [4.78, 5) is 4.42. The molecule has 0 aliphatic rings.